The van der Waals surface area contributed by atoms with Crippen LogP contribution in [0.1, 0.15) is 23.7 Å². The molecule has 0 radical (unpaired) electrons. The van der Waals surface area contributed by atoms with Gasteiger partial charge in [-0.2, -0.15) is 0 Å². The summed E-state index contributed by atoms with van der Waals surface area (Å²) in [7, 11) is -3.85. The lowest BCUT2D eigenvalue weighted by molar-refractivity contribution is 0.0773. The molecule has 0 bridgehead atoms. The highest BCUT2D eigenvalue weighted by molar-refractivity contribution is 9.10. The predicted molar refractivity (Wildman–Crippen MR) is 81.9 cm³/mol. The van der Waals surface area contributed by atoms with Crippen LogP contribution in [0.2, 0.25) is 0 Å². The summed E-state index contributed by atoms with van der Waals surface area (Å²) in [6, 6.07) is 4.22. The highest BCUT2D eigenvalue weighted by atomic mass is 79.9. The van der Waals surface area contributed by atoms with E-state index in [0.29, 0.717) is 17.6 Å². The van der Waals surface area contributed by atoms with Crippen LogP contribution in [0.25, 0.3) is 0 Å². The van der Waals surface area contributed by atoms with Crippen molar-refractivity contribution in [2.75, 3.05) is 13.1 Å². The maximum Gasteiger partial charge on any atom is 0.254 e. The number of nitrogens with zero attached hydrogens (tertiary/aromatic N) is 1. The quantitative estimate of drug-likeness (QED) is 0.789. The van der Waals surface area contributed by atoms with Crippen molar-refractivity contribution >= 4 is 31.9 Å². The molecule has 0 aliphatic heterocycles. The van der Waals surface area contributed by atoms with Gasteiger partial charge in [-0.3, -0.25) is 4.79 Å². The number of hydrogen-bond acceptors (Lipinski definition) is 3. The van der Waals surface area contributed by atoms with Crippen LogP contribution in [0.5, 0.6) is 0 Å². The number of halogens is 1. The molecule has 1 aromatic rings. The van der Waals surface area contributed by atoms with Gasteiger partial charge in [0, 0.05) is 23.1 Å². The normalized spacial score (nSPS) is 11.2. The fourth-order valence-electron chi connectivity index (χ4n) is 1.73. The zero-order valence-electron chi connectivity index (χ0n) is 11.2. The zero-order chi connectivity index (χ0) is 15.3. The number of nitrogens with two attached hydrogens (primary N) is 1. The molecule has 20 heavy (non-hydrogen) atoms. The smallest absolute Gasteiger partial charge is 0.254 e. The van der Waals surface area contributed by atoms with Crippen molar-refractivity contribution in [1.29, 1.82) is 0 Å². The fraction of sp³-hybridized carbons (Fsp3) is 0.308. The molecule has 5 nitrogen and oxygen atoms in total. The molecule has 1 aromatic carbocycles. The average molecular weight is 361 g/mol. The van der Waals surface area contributed by atoms with E-state index in [1.165, 1.54) is 12.1 Å². The Bertz CT molecular complexity index is 614. The van der Waals surface area contributed by atoms with E-state index in [2.05, 4.69) is 22.5 Å². The van der Waals surface area contributed by atoms with Crippen LogP contribution in [0.3, 0.4) is 0 Å². The minimum absolute atomic E-state index is 0.0923. The SMILES string of the molecule is C=CCN(CCC)C(=O)c1cc(Br)cc(S(N)(=O)=O)c1. The Morgan fingerprint density at radius 3 is 2.60 bits per heavy atom. The molecule has 0 heterocycles. The largest absolute Gasteiger partial charge is 0.335 e. The summed E-state index contributed by atoms with van der Waals surface area (Å²) >= 11 is 3.19. The van der Waals surface area contributed by atoms with Gasteiger partial charge in [-0.25, -0.2) is 13.6 Å². The topological polar surface area (TPSA) is 80.5 Å². The Morgan fingerprint density at radius 2 is 2.10 bits per heavy atom. The molecule has 0 fully saturated rings. The molecule has 0 aromatic heterocycles. The standard InChI is InChI=1S/C13H17BrN2O3S/c1-3-5-16(6-4-2)13(17)10-7-11(14)9-12(8-10)20(15,18)19/h3,7-9H,1,4-6H2,2H3,(H2,15,18,19). The summed E-state index contributed by atoms with van der Waals surface area (Å²) in [6.45, 7) is 6.55. The third kappa shape index (κ3) is 4.43. The van der Waals surface area contributed by atoms with Gasteiger partial charge in [0.25, 0.3) is 5.91 Å². The second-order valence-corrected chi connectivity index (χ2v) is 6.74. The number of benzene rings is 1. The first kappa shape index (κ1) is 16.9. The van der Waals surface area contributed by atoms with E-state index >= 15 is 0 Å². The van der Waals surface area contributed by atoms with Crippen LogP contribution < -0.4 is 5.14 Å². The summed E-state index contributed by atoms with van der Waals surface area (Å²) in [5, 5.41) is 5.10. The van der Waals surface area contributed by atoms with Crippen LogP contribution in [-0.4, -0.2) is 32.3 Å². The van der Waals surface area contributed by atoms with Gasteiger partial charge in [0.2, 0.25) is 10.0 Å². The molecule has 0 saturated carbocycles. The highest BCUT2D eigenvalue weighted by Crippen LogP contribution is 2.20. The Hall–Kier alpha value is -1.18. The molecule has 0 aliphatic rings. The van der Waals surface area contributed by atoms with Crippen molar-refractivity contribution in [3.05, 3.63) is 40.9 Å². The van der Waals surface area contributed by atoms with Crippen LogP contribution >= 0.6 is 15.9 Å². The molecule has 2 N–H and O–H groups in total. The van der Waals surface area contributed by atoms with E-state index in [0.717, 1.165) is 6.42 Å². The lowest BCUT2D eigenvalue weighted by Gasteiger charge is -2.20. The Morgan fingerprint density at radius 1 is 1.45 bits per heavy atom. The third-order valence-corrected chi connectivity index (χ3v) is 3.93. The van der Waals surface area contributed by atoms with E-state index in [9.17, 15) is 13.2 Å². The Balaban J connectivity index is 3.21. The van der Waals surface area contributed by atoms with Gasteiger partial charge < -0.3 is 4.90 Å². The number of carbonyl (C=O) groups is 1. The number of sulfonamides is 1. The summed E-state index contributed by atoms with van der Waals surface area (Å²) in [5.74, 6) is -0.252. The van der Waals surface area contributed by atoms with Gasteiger partial charge in [0.05, 0.1) is 4.90 Å². The first-order valence-electron chi connectivity index (χ1n) is 6.03. The van der Waals surface area contributed by atoms with Crippen LogP contribution in [0.15, 0.2) is 40.2 Å². The molecule has 1 amide bonds. The number of carbonyl (C=O) groups excluding carboxylic acids is 1. The van der Waals surface area contributed by atoms with Crippen molar-refractivity contribution in [1.82, 2.24) is 4.90 Å². The monoisotopic (exact) mass is 360 g/mol. The highest BCUT2D eigenvalue weighted by Gasteiger charge is 2.18. The van der Waals surface area contributed by atoms with Crippen LogP contribution in [-0.2, 0) is 10.0 Å². The minimum atomic E-state index is -3.85. The molecule has 1 rings (SSSR count). The van der Waals surface area contributed by atoms with Gasteiger partial charge in [0.1, 0.15) is 0 Å². The molecule has 0 aliphatic carbocycles. The maximum absolute atomic E-state index is 12.4. The van der Waals surface area contributed by atoms with E-state index in [1.54, 1.807) is 17.0 Å². The van der Waals surface area contributed by atoms with E-state index in [4.69, 9.17) is 5.14 Å². The number of primary sulfonamides is 1. The van der Waals surface area contributed by atoms with Gasteiger partial charge in [-0.1, -0.05) is 28.9 Å². The van der Waals surface area contributed by atoms with Crippen molar-refractivity contribution in [2.24, 2.45) is 5.14 Å². The second kappa shape index (κ2) is 7.01. The molecule has 7 heteroatoms. The van der Waals surface area contributed by atoms with Crippen LogP contribution in [0, 0.1) is 0 Å². The van der Waals surface area contributed by atoms with Gasteiger partial charge in [-0.15, -0.1) is 6.58 Å². The van der Waals surface area contributed by atoms with Gasteiger partial charge >= 0.3 is 0 Å². The van der Waals surface area contributed by atoms with Gasteiger partial charge in [0.15, 0.2) is 0 Å². The molecular formula is C13H17BrN2O3S. The van der Waals surface area contributed by atoms with Crippen LogP contribution in [0.4, 0.5) is 0 Å². The summed E-state index contributed by atoms with van der Waals surface area (Å²) < 4.78 is 23.3. The maximum atomic E-state index is 12.4. The molecule has 0 atom stereocenters. The first-order chi connectivity index (χ1) is 9.29. The molecule has 0 spiro atoms. The van der Waals surface area contributed by atoms with Crippen molar-refractivity contribution in [3.63, 3.8) is 0 Å². The Kier molecular flexibility index (Phi) is 5.91. The fourth-order valence-corrected chi connectivity index (χ4v) is 2.96. The van der Waals surface area contributed by atoms with E-state index in [-0.39, 0.29) is 16.4 Å². The lowest BCUT2D eigenvalue weighted by Crippen LogP contribution is -2.32. The third-order valence-electron chi connectivity index (χ3n) is 2.58. The minimum Gasteiger partial charge on any atom is -0.335 e. The van der Waals surface area contributed by atoms with Gasteiger partial charge in [-0.05, 0) is 24.6 Å². The van der Waals surface area contributed by atoms with E-state index < -0.39 is 10.0 Å². The van der Waals surface area contributed by atoms with Crippen molar-refractivity contribution < 1.29 is 13.2 Å². The summed E-state index contributed by atoms with van der Waals surface area (Å²) in [5.41, 5.74) is 0.277. The Labute approximate surface area is 127 Å². The summed E-state index contributed by atoms with van der Waals surface area (Å²) in [6.07, 6.45) is 2.43. The molecule has 0 saturated heterocycles. The number of amides is 1. The lowest BCUT2D eigenvalue weighted by atomic mass is 10.2. The number of rotatable bonds is 6. The second-order valence-electron chi connectivity index (χ2n) is 4.26. The summed E-state index contributed by atoms with van der Waals surface area (Å²) in [4.78, 5) is 13.9. The van der Waals surface area contributed by atoms with Crippen molar-refractivity contribution in [2.45, 2.75) is 18.2 Å². The molecule has 0 unspecified atom stereocenters. The van der Waals surface area contributed by atoms with E-state index in [1.807, 2.05) is 6.92 Å². The first-order valence-corrected chi connectivity index (χ1v) is 8.37. The molecule has 110 valence electrons. The predicted octanol–water partition coefficient (Wildman–Crippen LogP) is 2.13. The zero-order valence-corrected chi connectivity index (χ0v) is 13.6. The molecular weight excluding hydrogens is 344 g/mol. The number of hydrogen-bond donors (Lipinski definition) is 1. The average Bonchev–Trinajstić information content (AvgIpc) is 2.36. The van der Waals surface area contributed by atoms with Crippen molar-refractivity contribution in [3.8, 4) is 0 Å².